The standard InChI is InChI=1S/C16H23N3/c1-2-12(3-1)10-19-8-6-14-15(7-9-19)17-11-18-16(14)13-4-5-13/h11-13H,1-10H2. The van der Waals surface area contributed by atoms with Crippen molar-refractivity contribution in [1.29, 1.82) is 0 Å². The van der Waals surface area contributed by atoms with Crippen molar-refractivity contribution in [3.63, 3.8) is 0 Å². The summed E-state index contributed by atoms with van der Waals surface area (Å²) in [5.41, 5.74) is 4.23. The van der Waals surface area contributed by atoms with Gasteiger partial charge in [0.1, 0.15) is 6.33 Å². The molecular weight excluding hydrogens is 234 g/mol. The topological polar surface area (TPSA) is 29.0 Å². The minimum Gasteiger partial charge on any atom is -0.302 e. The fourth-order valence-corrected chi connectivity index (χ4v) is 3.53. The first-order valence-corrected chi connectivity index (χ1v) is 7.95. The minimum absolute atomic E-state index is 0.759. The molecule has 0 N–H and O–H groups in total. The van der Waals surface area contributed by atoms with Gasteiger partial charge in [-0.2, -0.15) is 0 Å². The second-order valence-electron chi connectivity index (χ2n) is 6.56. The molecule has 2 fully saturated rings. The second-order valence-corrected chi connectivity index (χ2v) is 6.56. The van der Waals surface area contributed by atoms with Gasteiger partial charge in [-0.1, -0.05) is 6.42 Å². The molecule has 3 nitrogen and oxygen atoms in total. The monoisotopic (exact) mass is 257 g/mol. The van der Waals surface area contributed by atoms with Crippen molar-refractivity contribution in [2.45, 2.75) is 50.9 Å². The molecule has 3 heteroatoms. The first-order valence-electron chi connectivity index (χ1n) is 7.95. The Balaban J connectivity index is 1.49. The van der Waals surface area contributed by atoms with Gasteiger partial charge in [0.25, 0.3) is 0 Å². The summed E-state index contributed by atoms with van der Waals surface area (Å²) < 4.78 is 0. The van der Waals surface area contributed by atoms with E-state index in [1.807, 2.05) is 0 Å². The van der Waals surface area contributed by atoms with Crippen molar-refractivity contribution in [3.05, 3.63) is 23.3 Å². The molecule has 4 rings (SSSR count). The summed E-state index contributed by atoms with van der Waals surface area (Å²) in [5.74, 6) is 1.74. The maximum absolute atomic E-state index is 4.58. The molecule has 0 radical (unpaired) electrons. The van der Waals surface area contributed by atoms with Crippen LogP contribution in [-0.2, 0) is 12.8 Å². The number of hydrogen-bond acceptors (Lipinski definition) is 3. The number of fused-ring (bicyclic) bond motifs is 1. The number of rotatable bonds is 3. The molecule has 2 heterocycles. The Kier molecular flexibility index (Phi) is 3.03. The summed E-state index contributed by atoms with van der Waals surface area (Å²) in [5, 5.41) is 0. The highest BCUT2D eigenvalue weighted by Gasteiger charge is 2.30. The van der Waals surface area contributed by atoms with Gasteiger partial charge in [-0.3, -0.25) is 0 Å². The van der Waals surface area contributed by atoms with Crippen LogP contribution in [0.3, 0.4) is 0 Å². The second kappa shape index (κ2) is 4.86. The third-order valence-electron chi connectivity index (χ3n) is 5.12. The van der Waals surface area contributed by atoms with E-state index in [4.69, 9.17) is 0 Å². The van der Waals surface area contributed by atoms with Crippen molar-refractivity contribution in [2.24, 2.45) is 5.92 Å². The highest BCUT2D eigenvalue weighted by Crippen LogP contribution is 2.41. The molecular formula is C16H23N3. The van der Waals surface area contributed by atoms with E-state index < -0.39 is 0 Å². The zero-order valence-electron chi connectivity index (χ0n) is 11.6. The van der Waals surface area contributed by atoms with Crippen LogP contribution in [0.2, 0.25) is 0 Å². The van der Waals surface area contributed by atoms with Gasteiger partial charge < -0.3 is 4.90 Å². The number of aromatic nitrogens is 2. The maximum atomic E-state index is 4.58. The van der Waals surface area contributed by atoms with Crippen LogP contribution in [0.5, 0.6) is 0 Å². The molecule has 0 atom stereocenters. The summed E-state index contributed by atoms with van der Waals surface area (Å²) in [7, 11) is 0. The molecule has 2 aliphatic carbocycles. The molecule has 2 saturated carbocycles. The van der Waals surface area contributed by atoms with Gasteiger partial charge in [0.2, 0.25) is 0 Å². The summed E-state index contributed by atoms with van der Waals surface area (Å²) in [6, 6.07) is 0. The lowest BCUT2D eigenvalue weighted by atomic mass is 9.85. The molecule has 0 amide bonds. The highest BCUT2D eigenvalue weighted by atomic mass is 15.1. The lowest BCUT2D eigenvalue weighted by molar-refractivity contribution is 0.183. The first-order chi connectivity index (χ1) is 9.40. The molecule has 102 valence electrons. The van der Waals surface area contributed by atoms with E-state index in [1.54, 1.807) is 6.33 Å². The summed E-state index contributed by atoms with van der Waals surface area (Å²) in [6.07, 6.45) is 11.2. The van der Waals surface area contributed by atoms with E-state index in [0.29, 0.717) is 0 Å². The Hall–Kier alpha value is -0.960. The maximum Gasteiger partial charge on any atom is 0.115 e. The molecule has 0 saturated heterocycles. The van der Waals surface area contributed by atoms with Crippen LogP contribution in [-0.4, -0.2) is 34.5 Å². The molecule has 3 aliphatic rings. The number of nitrogens with zero attached hydrogens (tertiary/aromatic N) is 3. The van der Waals surface area contributed by atoms with Gasteiger partial charge in [0.05, 0.1) is 5.69 Å². The molecule has 0 unspecified atom stereocenters. The third-order valence-corrected chi connectivity index (χ3v) is 5.12. The van der Waals surface area contributed by atoms with Gasteiger partial charge >= 0.3 is 0 Å². The third kappa shape index (κ3) is 2.40. The fraction of sp³-hybridized carbons (Fsp3) is 0.750. The van der Waals surface area contributed by atoms with Gasteiger partial charge in [-0.15, -0.1) is 0 Å². The van der Waals surface area contributed by atoms with Gasteiger partial charge in [-0.25, -0.2) is 9.97 Å². The average Bonchev–Trinajstić information content (AvgIpc) is 3.20. The minimum atomic E-state index is 0.759. The molecule has 1 aliphatic heterocycles. The normalized spacial score (nSPS) is 24.6. The van der Waals surface area contributed by atoms with Crippen molar-refractivity contribution >= 4 is 0 Å². The molecule has 19 heavy (non-hydrogen) atoms. The van der Waals surface area contributed by atoms with Crippen molar-refractivity contribution in [1.82, 2.24) is 14.9 Å². The molecule has 1 aromatic heterocycles. The summed E-state index contributed by atoms with van der Waals surface area (Å²) in [4.78, 5) is 11.8. The summed E-state index contributed by atoms with van der Waals surface area (Å²) in [6.45, 7) is 3.74. The Morgan fingerprint density at radius 3 is 2.63 bits per heavy atom. The van der Waals surface area contributed by atoms with E-state index in [-0.39, 0.29) is 0 Å². The lowest BCUT2D eigenvalue weighted by Crippen LogP contribution is -2.34. The van der Waals surface area contributed by atoms with Crippen LogP contribution in [0.1, 0.15) is 55.0 Å². The highest BCUT2D eigenvalue weighted by molar-refractivity contribution is 5.31. The van der Waals surface area contributed by atoms with Crippen LogP contribution in [0.4, 0.5) is 0 Å². The quantitative estimate of drug-likeness (QED) is 0.833. The van der Waals surface area contributed by atoms with Crippen LogP contribution >= 0.6 is 0 Å². The van der Waals surface area contributed by atoms with Crippen LogP contribution < -0.4 is 0 Å². The van der Waals surface area contributed by atoms with Gasteiger partial charge in [-0.05, 0) is 43.6 Å². The molecule has 0 aromatic carbocycles. The van der Waals surface area contributed by atoms with E-state index in [1.165, 1.54) is 75.1 Å². The van der Waals surface area contributed by atoms with Gasteiger partial charge in [0, 0.05) is 37.7 Å². The zero-order chi connectivity index (χ0) is 12.7. The van der Waals surface area contributed by atoms with E-state index >= 15 is 0 Å². The first kappa shape index (κ1) is 11.8. The number of hydrogen-bond donors (Lipinski definition) is 0. The van der Waals surface area contributed by atoms with Gasteiger partial charge in [0.15, 0.2) is 0 Å². The smallest absolute Gasteiger partial charge is 0.115 e. The average molecular weight is 257 g/mol. The van der Waals surface area contributed by atoms with Crippen molar-refractivity contribution < 1.29 is 0 Å². The fourth-order valence-electron chi connectivity index (χ4n) is 3.53. The summed E-state index contributed by atoms with van der Waals surface area (Å²) >= 11 is 0. The predicted octanol–water partition coefficient (Wildman–Crippen LogP) is 2.55. The van der Waals surface area contributed by atoms with E-state index in [0.717, 1.165) is 18.3 Å². The van der Waals surface area contributed by atoms with E-state index in [9.17, 15) is 0 Å². The Morgan fingerprint density at radius 1 is 1.05 bits per heavy atom. The van der Waals surface area contributed by atoms with Crippen LogP contribution in [0.15, 0.2) is 6.33 Å². The molecule has 0 bridgehead atoms. The Labute approximate surface area is 115 Å². The van der Waals surface area contributed by atoms with Crippen molar-refractivity contribution in [2.75, 3.05) is 19.6 Å². The van der Waals surface area contributed by atoms with Crippen LogP contribution in [0, 0.1) is 5.92 Å². The largest absolute Gasteiger partial charge is 0.302 e. The van der Waals surface area contributed by atoms with Crippen LogP contribution in [0.25, 0.3) is 0 Å². The predicted molar refractivity (Wildman–Crippen MR) is 75.2 cm³/mol. The van der Waals surface area contributed by atoms with Crippen molar-refractivity contribution in [3.8, 4) is 0 Å². The zero-order valence-corrected chi connectivity index (χ0v) is 11.6. The Morgan fingerprint density at radius 2 is 1.89 bits per heavy atom. The lowest BCUT2D eigenvalue weighted by Gasteiger charge is -2.31. The molecule has 0 spiro atoms. The van der Waals surface area contributed by atoms with E-state index in [2.05, 4.69) is 14.9 Å². The Bertz CT molecular complexity index is 463. The SMILES string of the molecule is c1nc2c(c(C3CC3)n1)CCN(CC1CCC1)CC2. The molecule has 1 aromatic rings.